The van der Waals surface area contributed by atoms with Crippen LogP contribution in [0.15, 0.2) is 54.6 Å². The lowest BCUT2D eigenvalue weighted by molar-refractivity contribution is 0.284. The van der Waals surface area contributed by atoms with Crippen LogP contribution < -0.4 is 19.6 Å². The molecule has 0 aliphatic carbocycles. The van der Waals surface area contributed by atoms with Gasteiger partial charge in [-0.2, -0.15) is 5.10 Å². The zero-order valence-electron chi connectivity index (χ0n) is 18.8. The predicted molar refractivity (Wildman–Crippen MR) is 141 cm³/mol. The lowest BCUT2D eigenvalue weighted by atomic mass is 10.2. The van der Waals surface area contributed by atoms with Crippen molar-refractivity contribution in [1.29, 1.82) is 0 Å². The molecular weight excluding hydrogens is 531 g/mol. The number of H-pyrrole nitrogens is 1. The third-order valence-corrected chi connectivity index (χ3v) is 6.28. The number of benzene rings is 3. The fraction of sp³-hybridized carbons (Fsp3) is 0.167. The number of para-hydroxylation sites is 1. The average Bonchev–Trinajstić information content (AvgIpc) is 3.22. The van der Waals surface area contributed by atoms with Crippen molar-refractivity contribution in [2.45, 2.75) is 13.2 Å². The summed E-state index contributed by atoms with van der Waals surface area (Å²) >= 11 is 24.2. The molecule has 0 aliphatic heterocycles. The molecule has 0 unspecified atom stereocenters. The Morgan fingerprint density at radius 2 is 1.74 bits per heavy atom. The molecule has 182 valence electrons. The summed E-state index contributed by atoms with van der Waals surface area (Å²) in [7, 11) is 3.16. The van der Waals surface area contributed by atoms with Crippen molar-refractivity contribution in [2.24, 2.45) is 0 Å². The largest absolute Gasteiger partial charge is 0.496 e. The molecular formula is C24H21Cl3N4O3S. The summed E-state index contributed by atoms with van der Waals surface area (Å²) < 4.78 is 19.0. The molecule has 0 bridgehead atoms. The Hall–Kier alpha value is -2.91. The van der Waals surface area contributed by atoms with Crippen LogP contribution in [0.4, 0.5) is 0 Å². The second-order valence-corrected chi connectivity index (χ2v) is 8.99. The molecule has 0 atom stereocenters. The quantitative estimate of drug-likeness (QED) is 0.220. The number of nitrogens with one attached hydrogen (secondary N) is 2. The summed E-state index contributed by atoms with van der Waals surface area (Å²) in [5, 5.41) is 8.63. The van der Waals surface area contributed by atoms with Gasteiger partial charge in [-0.1, -0.05) is 53.0 Å². The second kappa shape index (κ2) is 11.2. The summed E-state index contributed by atoms with van der Waals surface area (Å²) in [6.45, 7) is 0.589. The van der Waals surface area contributed by atoms with E-state index in [-0.39, 0.29) is 6.61 Å². The first kappa shape index (κ1) is 25.2. The Kier molecular flexibility index (Phi) is 8.07. The maximum atomic E-state index is 6.55. The molecule has 1 heterocycles. The van der Waals surface area contributed by atoms with Gasteiger partial charge in [-0.05, 0) is 54.2 Å². The summed E-state index contributed by atoms with van der Waals surface area (Å²) in [6, 6.07) is 16.4. The Bertz CT molecular complexity index is 1410. The van der Waals surface area contributed by atoms with Crippen LogP contribution in [0, 0.1) is 4.77 Å². The van der Waals surface area contributed by atoms with Crippen LogP contribution in [0.5, 0.6) is 17.2 Å². The Morgan fingerprint density at radius 1 is 0.971 bits per heavy atom. The molecule has 0 saturated heterocycles. The van der Waals surface area contributed by atoms with Crippen molar-refractivity contribution in [3.63, 3.8) is 0 Å². The lowest BCUT2D eigenvalue weighted by Gasteiger charge is -2.16. The van der Waals surface area contributed by atoms with Crippen LogP contribution in [0.2, 0.25) is 15.1 Å². The molecule has 0 amide bonds. The van der Waals surface area contributed by atoms with Gasteiger partial charge >= 0.3 is 0 Å². The maximum absolute atomic E-state index is 6.55. The van der Waals surface area contributed by atoms with E-state index in [1.807, 2.05) is 30.3 Å². The van der Waals surface area contributed by atoms with Crippen LogP contribution in [-0.4, -0.2) is 29.1 Å². The molecule has 0 fully saturated rings. The van der Waals surface area contributed by atoms with Gasteiger partial charge in [0, 0.05) is 15.6 Å². The Morgan fingerprint density at radius 3 is 2.49 bits per heavy atom. The first-order valence-corrected chi connectivity index (χ1v) is 11.9. The minimum Gasteiger partial charge on any atom is -0.496 e. The van der Waals surface area contributed by atoms with Gasteiger partial charge in [0.1, 0.15) is 12.4 Å². The van der Waals surface area contributed by atoms with Crippen LogP contribution in [0.25, 0.3) is 11.4 Å². The van der Waals surface area contributed by atoms with Crippen molar-refractivity contribution < 1.29 is 14.2 Å². The maximum Gasteiger partial charge on any atom is 0.214 e. The average molecular weight is 552 g/mol. The number of aromatic nitrogens is 3. The van der Waals surface area contributed by atoms with Gasteiger partial charge < -0.3 is 19.6 Å². The molecule has 3 aromatic carbocycles. The van der Waals surface area contributed by atoms with E-state index < -0.39 is 0 Å². The van der Waals surface area contributed by atoms with Crippen molar-refractivity contribution in [3.05, 3.63) is 85.6 Å². The molecule has 4 rings (SSSR count). The second-order valence-electron chi connectivity index (χ2n) is 7.36. The number of aromatic amines is 1. The molecule has 0 saturated carbocycles. The monoisotopic (exact) mass is 550 g/mol. The molecule has 11 heteroatoms. The van der Waals surface area contributed by atoms with Crippen LogP contribution in [0.3, 0.4) is 0 Å². The normalized spacial score (nSPS) is 10.8. The van der Waals surface area contributed by atoms with Crippen molar-refractivity contribution in [2.75, 3.05) is 19.6 Å². The van der Waals surface area contributed by atoms with E-state index in [2.05, 4.69) is 15.6 Å². The summed E-state index contributed by atoms with van der Waals surface area (Å²) in [4.78, 5) is 0. The highest BCUT2D eigenvalue weighted by Crippen LogP contribution is 2.37. The fourth-order valence-corrected chi connectivity index (χ4v) is 4.38. The van der Waals surface area contributed by atoms with Crippen molar-refractivity contribution >= 4 is 47.0 Å². The van der Waals surface area contributed by atoms with Gasteiger partial charge in [-0.3, -0.25) is 0 Å². The number of methoxy groups -OCH3 is 2. The lowest BCUT2D eigenvalue weighted by Crippen LogP contribution is -2.16. The van der Waals surface area contributed by atoms with Crippen LogP contribution in [-0.2, 0) is 13.2 Å². The van der Waals surface area contributed by atoms with Gasteiger partial charge in [-0.15, -0.1) is 0 Å². The standard InChI is InChI=1S/C24H21Cl3N4O3S/c1-32-20-6-4-3-5-17(20)23-29-30-24(35)31(23)28-12-14-9-19(27)22(21(10-14)33-2)34-13-15-7-8-16(25)11-18(15)26/h3-11,28H,12-13H2,1-2H3,(H,30,35). The van der Waals surface area contributed by atoms with Crippen molar-refractivity contribution in [3.8, 4) is 28.6 Å². The van der Waals surface area contributed by atoms with E-state index in [0.29, 0.717) is 49.5 Å². The number of ether oxygens (including phenoxy) is 3. The summed E-state index contributed by atoms with van der Waals surface area (Å²) in [5.74, 6) is 2.17. The SMILES string of the molecule is COc1ccccc1-c1n[nH]c(=S)n1NCc1cc(Cl)c(OCc2ccc(Cl)cc2Cl)c(OC)c1. The van der Waals surface area contributed by atoms with Gasteiger partial charge in [0.2, 0.25) is 4.77 Å². The third-order valence-electron chi connectivity index (χ3n) is 5.14. The molecule has 0 spiro atoms. The number of rotatable bonds is 9. The number of nitrogens with zero attached hydrogens (tertiary/aromatic N) is 2. The van der Waals surface area contributed by atoms with E-state index in [1.54, 1.807) is 43.2 Å². The third kappa shape index (κ3) is 5.67. The molecule has 7 nitrogen and oxygen atoms in total. The zero-order chi connectivity index (χ0) is 24.9. The van der Waals surface area contributed by atoms with E-state index in [1.165, 1.54) is 0 Å². The number of halogens is 3. The minimum atomic E-state index is 0.204. The van der Waals surface area contributed by atoms with E-state index in [9.17, 15) is 0 Å². The highest BCUT2D eigenvalue weighted by molar-refractivity contribution is 7.71. The molecule has 0 radical (unpaired) electrons. The van der Waals surface area contributed by atoms with E-state index >= 15 is 0 Å². The Labute approximate surface area is 222 Å². The topological polar surface area (TPSA) is 73.3 Å². The zero-order valence-corrected chi connectivity index (χ0v) is 21.9. The van der Waals surface area contributed by atoms with Crippen LogP contribution in [0.1, 0.15) is 11.1 Å². The van der Waals surface area contributed by atoms with Gasteiger partial charge in [0.05, 0.1) is 31.4 Å². The molecule has 0 aliphatic rings. The highest BCUT2D eigenvalue weighted by Gasteiger charge is 2.16. The summed E-state index contributed by atoms with van der Waals surface area (Å²) in [6.07, 6.45) is 0. The highest BCUT2D eigenvalue weighted by atomic mass is 35.5. The van der Waals surface area contributed by atoms with Crippen molar-refractivity contribution in [1.82, 2.24) is 14.9 Å². The van der Waals surface area contributed by atoms with E-state index in [0.717, 1.165) is 16.7 Å². The molecule has 35 heavy (non-hydrogen) atoms. The van der Waals surface area contributed by atoms with E-state index in [4.69, 9.17) is 61.2 Å². The Balaban J connectivity index is 1.54. The predicted octanol–water partition coefficient (Wildman–Crippen LogP) is 6.91. The number of hydrogen-bond donors (Lipinski definition) is 2. The fourth-order valence-electron chi connectivity index (χ4n) is 3.43. The minimum absolute atomic E-state index is 0.204. The van der Waals surface area contributed by atoms with Gasteiger partial charge in [0.25, 0.3) is 0 Å². The smallest absolute Gasteiger partial charge is 0.214 e. The molecule has 4 aromatic rings. The first-order valence-electron chi connectivity index (χ1n) is 10.4. The van der Waals surface area contributed by atoms with Gasteiger partial charge in [0.15, 0.2) is 17.3 Å². The first-order chi connectivity index (χ1) is 16.9. The summed E-state index contributed by atoms with van der Waals surface area (Å²) in [5.41, 5.74) is 5.68. The molecule has 1 aromatic heterocycles. The molecule has 2 N–H and O–H groups in total. The number of hydrogen-bond acceptors (Lipinski definition) is 6. The van der Waals surface area contributed by atoms with Gasteiger partial charge in [-0.25, -0.2) is 9.77 Å². The van der Waals surface area contributed by atoms with Crippen LogP contribution >= 0.6 is 47.0 Å².